The Hall–Kier alpha value is -3.17. The number of furan rings is 1. The number of ether oxygens (including phenoxy) is 2. The fourth-order valence-electron chi connectivity index (χ4n) is 2.62. The minimum absolute atomic E-state index is 0.00590. The van der Waals surface area contributed by atoms with E-state index in [0.29, 0.717) is 11.1 Å². The van der Waals surface area contributed by atoms with Gasteiger partial charge < -0.3 is 25.4 Å². The predicted octanol–water partition coefficient (Wildman–Crippen LogP) is 3.01. The van der Waals surface area contributed by atoms with Gasteiger partial charge in [-0.1, -0.05) is 0 Å². The smallest absolute Gasteiger partial charge is 0.449 e. The Morgan fingerprint density at radius 1 is 1.12 bits per heavy atom. The van der Waals surface area contributed by atoms with Crippen LogP contribution >= 0.6 is 0 Å². The van der Waals surface area contributed by atoms with Crippen molar-refractivity contribution in [2.24, 2.45) is 0 Å². The van der Waals surface area contributed by atoms with Crippen LogP contribution in [-0.4, -0.2) is 24.2 Å². The first-order chi connectivity index (χ1) is 12.2. The lowest BCUT2D eigenvalue weighted by Gasteiger charge is -2.12. The van der Waals surface area contributed by atoms with Gasteiger partial charge in [-0.3, -0.25) is 0 Å². The van der Waals surface area contributed by atoms with Crippen LogP contribution in [0.2, 0.25) is 0 Å². The first-order valence-electron chi connectivity index (χ1n) is 7.36. The topological polar surface area (TPSA) is 109 Å². The fraction of sp³-hybridized carbons (Fsp3) is 0.250. The Morgan fingerprint density at radius 2 is 1.85 bits per heavy atom. The number of fused-ring (bicyclic) bond motifs is 1. The Kier molecular flexibility index (Phi) is 4.26. The number of methoxy groups -OCH3 is 2. The third kappa shape index (κ3) is 3.05. The molecule has 0 saturated heterocycles. The molecule has 2 aromatic heterocycles. The summed E-state index contributed by atoms with van der Waals surface area (Å²) in [5, 5.41) is 0.228. The molecule has 0 radical (unpaired) electrons. The number of nitrogen functional groups attached to an aromatic ring is 2. The van der Waals surface area contributed by atoms with Gasteiger partial charge in [0, 0.05) is 23.6 Å². The fourth-order valence-corrected chi connectivity index (χ4v) is 2.62. The highest BCUT2D eigenvalue weighted by molar-refractivity contribution is 5.90. The zero-order valence-corrected chi connectivity index (χ0v) is 13.8. The van der Waals surface area contributed by atoms with E-state index in [1.165, 1.54) is 20.4 Å². The van der Waals surface area contributed by atoms with Gasteiger partial charge in [0.15, 0.2) is 11.3 Å². The van der Waals surface area contributed by atoms with Crippen LogP contribution < -0.4 is 20.9 Å². The van der Waals surface area contributed by atoms with Crippen LogP contribution in [-0.2, 0) is 12.6 Å². The molecule has 0 amide bonds. The standard InChI is InChI=1S/C16H15F3N4O3/c1-24-10-4-7(3-8-6-22-15(21)23-14(8)20)9-5-11(16(17,18)19)26-12(9)13(10)25-2/h4-6H,3H2,1-2H3,(H4,20,21,22,23). The normalized spacial score (nSPS) is 11.7. The summed E-state index contributed by atoms with van der Waals surface area (Å²) >= 11 is 0. The largest absolute Gasteiger partial charge is 0.493 e. The summed E-state index contributed by atoms with van der Waals surface area (Å²) in [4.78, 5) is 7.72. The number of rotatable bonds is 4. The van der Waals surface area contributed by atoms with E-state index in [9.17, 15) is 13.2 Å². The number of anilines is 2. The lowest BCUT2D eigenvalue weighted by Crippen LogP contribution is -2.04. The van der Waals surface area contributed by atoms with Crippen molar-refractivity contribution in [2.75, 3.05) is 25.7 Å². The zero-order chi connectivity index (χ0) is 19.1. The average molecular weight is 368 g/mol. The molecule has 0 fully saturated rings. The molecule has 3 aromatic rings. The molecular formula is C16H15F3N4O3. The number of aromatic nitrogens is 2. The Balaban J connectivity index is 2.21. The van der Waals surface area contributed by atoms with Crippen molar-refractivity contribution < 1.29 is 27.1 Å². The lowest BCUT2D eigenvalue weighted by atomic mass is 10.0. The van der Waals surface area contributed by atoms with Crippen LogP contribution in [0.25, 0.3) is 11.0 Å². The SMILES string of the molecule is COc1cc(Cc2cnc(N)nc2N)c2cc(C(F)(F)F)oc2c1OC. The number of hydrogen-bond donors (Lipinski definition) is 2. The molecule has 0 saturated carbocycles. The van der Waals surface area contributed by atoms with Crippen LogP contribution in [0.3, 0.4) is 0 Å². The maximum atomic E-state index is 13.1. The van der Waals surface area contributed by atoms with Gasteiger partial charge in [0.1, 0.15) is 5.82 Å². The van der Waals surface area contributed by atoms with Gasteiger partial charge in [-0.2, -0.15) is 18.2 Å². The van der Waals surface area contributed by atoms with Gasteiger partial charge in [0.2, 0.25) is 17.5 Å². The maximum Gasteiger partial charge on any atom is 0.449 e. The molecular weight excluding hydrogens is 353 g/mol. The number of nitrogens with two attached hydrogens (primary N) is 2. The summed E-state index contributed by atoms with van der Waals surface area (Å²) < 4.78 is 54.7. The van der Waals surface area contributed by atoms with E-state index in [-0.39, 0.29) is 40.7 Å². The van der Waals surface area contributed by atoms with E-state index in [1.54, 1.807) is 6.07 Å². The predicted molar refractivity (Wildman–Crippen MR) is 88.0 cm³/mol. The summed E-state index contributed by atoms with van der Waals surface area (Å²) in [5.41, 5.74) is 12.2. The van der Waals surface area contributed by atoms with Gasteiger partial charge in [-0.05, 0) is 17.7 Å². The Morgan fingerprint density at radius 3 is 2.42 bits per heavy atom. The molecule has 1 aromatic carbocycles. The van der Waals surface area contributed by atoms with Crippen molar-refractivity contribution in [3.8, 4) is 11.5 Å². The number of benzene rings is 1. The third-order valence-corrected chi connectivity index (χ3v) is 3.81. The van der Waals surface area contributed by atoms with Gasteiger partial charge in [-0.25, -0.2) is 4.98 Å². The molecule has 4 N–H and O–H groups in total. The molecule has 26 heavy (non-hydrogen) atoms. The molecule has 0 aliphatic rings. The quantitative estimate of drug-likeness (QED) is 0.728. The van der Waals surface area contributed by atoms with Gasteiger partial charge >= 0.3 is 6.18 Å². The monoisotopic (exact) mass is 368 g/mol. The molecule has 0 spiro atoms. The number of nitrogens with zero attached hydrogens (tertiary/aromatic N) is 2. The van der Waals surface area contributed by atoms with Crippen LogP contribution in [0.15, 0.2) is 22.7 Å². The molecule has 138 valence electrons. The molecule has 0 atom stereocenters. The minimum Gasteiger partial charge on any atom is -0.493 e. The molecule has 0 unspecified atom stereocenters. The van der Waals surface area contributed by atoms with Gasteiger partial charge in [-0.15, -0.1) is 0 Å². The summed E-state index contributed by atoms with van der Waals surface area (Å²) in [6.45, 7) is 0. The summed E-state index contributed by atoms with van der Waals surface area (Å²) in [7, 11) is 2.69. The second-order valence-corrected chi connectivity index (χ2v) is 5.44. The zero-order valence-electron chi connectivity index (χ0n) is 13.8. The van der Waals surface area contributed by atoms with Crippen LogP contribution in [0.4, 0.5) is 24.9 Å². The van der Waals surface area contributed by atoms with E-state index in [1.807, 2.05) is 0 Å². The van der Waals surface area contributed by atoms with Gasteiger partial charge in [0.05, 0.1) is 14.2 Å². The molecule has 3 rings (SSSR count). The number of alkyl halides is 3. The number of hydrogen-bond acceptors (Lipinski definition) is 7. The first kappa shape index (κ1) is 17.6. The summed E-state index contributed by atoms with van der Waals surface area (Å²) in [6.07, 6.45) is -3.07. The van der Waals surface area contributed by atoms with Crippen LogP contribution in [0.1, 0.15) is 16.9 Å². The van der Waals surface area contributed by atoms with Crippen LogP contribution in [0, 0.1) is 0 Å². The molecule has 0 bridgehead atoms. The highest BCUT2D eigenvalue weighted by Gasteiger charge is 2.36. The van der Waals surface area contributed by atoms with Crippen molar-refractivity contribution in [3.05, 3.63) is 35.2 Å². The van der Waals surface area contributed by atoms with Crippen molar-refractivity contribution >= 4 is 22.7 Å². The van der Waals surface area contributed by atoms with Crippen LogP contribution in [0.5, 0.6) is 11.5 Å². The molecule has 0 aliphatic carbocycles. The third-order valence-electron chi connectivity index (χ3n) is 3.81. The second-order valence-electron chi connectivity index (χ2n) is 5.44. The Bertz CT molecular complexity index is 970. The molecule has 2 heterocycles. The van der Waals surface area contributed by atoms with E-state index in [2.05, 4.69) is 9.97 Å². The lowest BCUT2D eigenvalue weighted by molar-refractivity contribution is -0.152. The second kappa shape index (κ2) is 6.28. The highest BCUT2D eigenvalue weighted by Crippen LogP contribution is 2.43. The van der Waals surface area contributed by atoms with Crippen molar-refractivity contribution in [1.82, 2.24) is 9.97 Å². The molecule has 0 aliphatic heterocycles. The van der Waals surface area contributed by atoms with E-state index >= 15 is 0 Å². The van der Waals surface area contributed by atoms with Crippen molar-refractivity contribution in [3.63, 3.8) is 0 Å². The first-order valence-corrected chi connectivity index (χ1v) is 7.36. The van der Waals surface area contributed by atoms with E-state index < -0.39 is 11.9 Å². The maximum absolute atomic E-state index is 13.1. The Labute approximate surface area is 145 Å². The minimum atomic E-state index is -4.64. The highest BCUT2D eigenvalue weighted by atomic mass is 19.4. The number of halogens is 3. The average Bonchev–Trinajstić information content (AvgIpc) is 3.02. The molecule has 10 heteroatoms. The van der Waals surface area contributed by atoms with Crippen molar-refractivity contribution in [1.29, 1.82) is 0 Å². The van der Waals surface area contributed by atoms with Gasteiger partial charge in [0.25, 0.3) is 0 Å². The van der Waals surface area contributed by atoms with E-state index in [4.69, 9.17) is 25.4 Å². The van der Waals surface area contributed by atoms with Crippen molar-refractivity contribution in [2.45, 2.75) is 12.6 Å². The molecule has 7 nitrogen and oxygen atoms in total. The summed E-state index contributed by atoms with van der Waals surface area (Å²) in [6, 6.07) is 2.48. The van der Waals surface area contributed by atoms with E-state index in [0.717, 1.165) is 6.07 Å². The summed E-state index contributed by atoms with van der Waals surface area (Å²) in [5.74, 6) is -0.690.